The molecule has 5 nitrogen and oxygen atoms in total. The summed E-state index contributed by atoms with van der Waals surface area (Å²) in [6.07, 6.45) is 0.935. The van der Waals surface area contributed by atoms with Crippen molar-refractivity contribution in [1.82, 2.24) is 0 Å². The van der Waals surface area contributed by atoms with Gasteiger partial charge in [-0.3, -0.25) is 0 Å². The molecule has 1 rings (SSSR count). The molecule has 82 valence electrons. The lowest BCUT2D eigenvalue weighted by Crippen LogP contribution is -2.32. The number of aromatic nitrogens is 1. The Kier molecular flexibility index (Phi) is 3.37. The number of hydrogen-bond acceptors (Lipinski definition) is 4. The molecule has 0 N–H and O–H groups in total. The highest BCUT2D eigenvalue weighted by Crippen LogP contribution is 2.15. The quantitative estimate of drug-likeness (QED) is 0.426. The van der Waals surface area contributed by atoms with E-state index in [9.17, 15) is 18.8 Å². The van der Waals surface area contributed by atoms with Crippen molar-refractivity contribution in [2.45, 2.75) is 6.61 Å². The number of alkyl halides is 2. The van der Waals surface area contributed by atoms with Crippen LogP contribution in [0.3, 0.4) is 0 Å². The van der Waals surface area contributed by atoms with Crippen molar-refractivity contribution in [3.8, 4) is 5.88 Å². The maximum atomic E-state index is 11.9. The van der Waals surface area contributed by atoms with Crippen molar-refractivity contribution in [2.24, 2.45) is 0 Å². The molecule has 0 saturated carbocycles. The van der Waals surface area contributed by atoms with Crippen molar-refractivity contribution in [2.75, 3.05) is 7.11 Å². The third-order valence-electron chi connectivity index (χ3n) is 1.52. The molecular weight excluding hydrogens is 212 g/mol. The van der Waals surface area contributed by atoms with Gasteiger partial charge in [-0.15, -0.1) is 4.73 Å². The minimum absolute atomic E-state index is 0.0262. The average Bonchev–Trinajstić information content (AvgIpc) is 2.19. The number of halogens is 2. The zero-order valence-corrected chi connectivity index (χ0v) is 7.65. The summed E-state index contributed by atoms with van der Waals surface area (Å²) in [6, 6.07) is 2.37. The molecule has 7 heteroatoms. The minimum Gasteiger partial charge on any atom is -0.616 e. The van der Waals surface area contributed by atoms with Gasteiger partial charge in [-0.25, -0.2) is 4.79 Å². The van der Waals surface area contributed by atoms with Crippen molar-refractivity contribution in [1.29, 1.82) is 0 Å². The van der Waals surface area contributed by atoms with Crippen molar-refractivity contribution >= 4 is 5.97 Å². The summed E-state index contributed by atoms with van der Waals surface area (Å²) >= 11 is 0. The van der Waals surface area contributed by atoms with Crippen LogP contribution in [0.1, 0.15) is 10.4 Å². The Morgan fingerprint density at radius 3 is 2.80 bits per heavy atom. The Hall–Kier alpha value is -1.92. The Labute approximate surface area is 83.4 Å². The molecule has 0 aliphatic carbocycles. The van der Waals surface area contributed by atoms with Crippen LogP contribution in [-0.2, 0) is 4.74 Å². The molecule has 0 spiro atoms. The van der Waals surface area contributed by atoms with E-state index in [0.717, 1.165) is 19.4 Å². The molecule has 0 aliphatic heterocycles. The van der Waals surface area contributed by atoms with Crippen LogP contribution in [-0.4, -0.2) is 19.7 Å². The average molecular weight is 219 g/mol. The molecule has 0 amide bonds. The summed E-state index contributed by atoms with van der Waals surface area (Å²) in [5, 5.41) is 11.0. The second-order valence-corrected chi connectivity index (χ2v) is 2.42. The van der Waals surface area contributed by atoms with Crippen LogP contribution in [0.25, 0.3) is 0 Å². The maximum Gasteiger partial charge on any atom is 0.398 e. The molecule has 1 aromatic rings. The smallest absolute Gasteiger partial charge is 0.398 e. The Morgan fingerprint density at radius 2 is 2.27 bits per heavy atom. The lowest BCUT2D eigenvalue weighted by molar-refractivity contribution is -0.615. The molecular formula is C8H7F2NO4. The summed E-state index contributed by atoms with van der Waals surface area (Å²) < 4.78 is 32.1. The van der Waals surface area contributed by atoms with Crippen LogP contribution >= 0.6 is 0 Å². The first-order chi connectivity index (χ1) is 7.06. The van der Waals surface area contributed by atoms with E-state index in [-0.39, 0.29) is 10.3 Å². The molecule has 0 radical (unpaired) electrons. The van der Waals surface area contributed by atoms with Gasteiger partial charge < -0.3 is 14.7 Å². The predicted octanol–water partition coefficient (Wildman–Crippen LogP) is 0.708. The second-order valence-electron chi connectivity index (χ2n) is 2.42. The van der Waals surface area contributed by atoms with Crippen molar-refractivity contribution in [3.63, 3.8) is 0 Å². The Morgan fingerprint density at radius 1 is 1.60 bits per heavy atom. The van der Waals surface area contributed by atoms with Gasteiger partial charge in [0.15, 0.2) is 11.8 Å². The number of pyridine rings is 1. The van der Waals surface area contributed by atoms with Crippen LogP contribution in [0.2, 0.25) is 0 Å². The first-order valence-corrected chi connectivity index (χ1v) is 3.81. The summed E-state index contributed by atoms with van der Waals surface area (Å²) in [5.74, 6) is -1.70. The summed E-state index contributed by atoms with van der Waals surface area (Å²) in [4.78, 5) is 11.1. The van der Waals surface area contributed by atoms with E-state index in [1.54, 1.807) is 0 Å². The summed E-state index contributed by atoms with van der Waals surface area (Å²) in [7, 11) is 1.07. The van der Waals surface area contributed by atoms with Gasteiger partial charge in [0, 0.05) is 6.07 Å². The standard InChI is InChI=1S/C8H7F2NO4/c1-14-7(12)5-3-2-4-11(13)6(5)15-8(9)10/h2-4,8H,1H3. The topological polar surface area (TPSA) is 62.5 Å². The number of rotatable bonds is 3. The number of nitrogens with zero attached hydrogens (tertiary/aromatic N) is 1. The van der Waals surface area contributed by atoms with Crippen molar-refractivity contribution < 1.29 is 27.8 Å². The number of esters is 1. The Bertz CT molecular complexity index is 370. The minimum atomic E-state index is -3.18. The molecule has 15 heavy (non-hydrogen) atoms. The number of carbonyl (C=O) groups is 1. The van der Waals surface area contributed by atoms with Crippen LogP contribution in [0, 0.1) is 5.21 Å². The molecule has 0 fully saturated rings. The highest BCUT2D eigenvalue weighted by Gasteiger charge is 2.24. The second kappa shape index (κ2) is 4.54. The molecule has 0 bridgehead atoms. The van der Waals surface area contributed by atoms with E-state index in [0.29, 0.717) is 0 Å². The van der Waals surface area contributed by atoms with Gasteiger partial charge in [0.05, 0.1) is 7.11 Å². The van der Waals surface area contributed by atoms with Crippen LogP contribution in [0.4, 0.5) is 8.78 Å². The molecule has 0 saturated heterocycles. The molecule has 0 aromatic carbocycles. The third kappa shape index (κ3) is 2.52. The molecule has 1 aromatic heterocycles. The van der Waals surface area contributed by atoms with Gasteiger partial charge in [0.25, 0.3) is 0 Å². The monoisotopic (exact) mass is 219 g/mol. The predicted molar refractivity (Wildman–Crippen MR) is 43.4 cm³/mol. The van der Waals surface area contributed by atoms with E-state index in [1.807, 2.05) is 0 Å². The van der Waals surface area contributed by atoms with E-state index in [1.165, 1.54) is 6.07 Å². The van der Waals surface area contributed by atoms with Crippen LogP contribution < -0.4 is 9.47 Å². The van der Waals surface area contributed by atoms with Gasteiger partial charge in [0.1, 0.15) is 0 Å². The number of carbonyl (C=O) groups excluding carboxylic acids is 1. The highest BCUT2D eigenvalue weighted by atomic mass is 19.3. The first-order valence-electron chi connectivity index (χ1n) is 3.81. The fourth-order valence-electron chi connectivity index (χ4n) is 0.940. The van der Waals surface area contributed by atoms with Gasteiger partial charge in [-0.1, -0.05) is 0 Å². The fourth-order valence-corrected chi connectivity index (χ4v) is 0.940. The maximum absolute atomic E-state index is 11.9. The largest absolute Gasteiger partial charge is 0.616 e. The summed E-state index contributed by atoms with van der Waals surface area (Å²) in [6.45, 7) is -3.18. The van der Waals surface area contributed by atoms with Crippen LogP contribution in [0.15, 0.2) is 18.3 Å². The Balaban J connectivity index is 3.14. The fraction of sp³-hybridized carbons (Fsp3) is 0.250. The van der Waals surface area contributed by atoms with Gasteiger partial charge in [-0.05, 0) is 6.07 Å². The lowest BCUT2D eigenvalue weighted by atomic mass is 10.3. The van der Waals surface area contributed by atoms with E-state index in [2.05, 4.69) is 9.47 Å². The van der Waals surface area contributed by atoms with E-state index < -0.39 is 18.5 Å². The van der Waals surface area contributed by atoms with Crippen molar-refractivity contribution in [3.05, 3.63) is 29.1 Å². The number of hydrogen-bond donors (Lipinski definition) is 0. The molecule has 0 atom stereocenters. The van der Waals surface area contributed by atoms with Gasteiger partial charge in [-0.2, -0.15) is 8.78 Å². The highest BCUT2D eigenvalue weighted by molar-refractivity contribution is 5.91. The number of methoxy groups -OCH3 is 1. The SMILES string of the molecule is COC(=O)c1ccc[n+]([O-])c1OC(F)F. The third-order valence-corrected chi connectivity index (χ3v) is 1.52. The molecule has 0 unspecified atom stereocenters. The van der Waals surface area contributed by atoms with E-state index >= 15 is 0 Å². The molecule has 0 aliphatic rings. The molecule has 1 heterocycles. The van der Waals surface area contributed by atoms with Gasteiger partial charge in [0.2, 0.25) is 0 Å². The van der Waals surface area contributed by atoms with Crippen LogP contribution in [0.5, 0.6) is 5.88 Å². The lowest BCUT2D eigenvalue weighted by Gasteiger charge is -2.07. The first kappa shape index (κ1) is 11.2. The number of ether oxygens (including phenoxy) is 2. The normalized spacial score (nSPS) is 10.1. The zero-order valence-electron chi connectivity index (χ0n) is 7.65. The summed E-state index contributed by atoms with van der Waals surface area (Å²) in [5.41, 5.74) is -0.352. The zero-order chi connectivity index (χ0) is 11.4. The van der Waals surface area contributed by atoms with E-state index in [4.69, 9.17) is 0 Å². The van der Waals surface area contributed by atoms with Gasteiger partial charge >= 0.3 is 18.5 Å².